The first-order chi connectivity index (χ1) is 11.4. The van der Waals surface area contributed by atoms with Crippen LogP contribution in [-0.2, 0) is 13.0 Å². The summed E-state index contributed by atoms with van der Waals surface area (Å²) in [6.07, 6.45) is 4.87. The monoisotopic (exact) mass is 327 g/mol. The molecule has 1 aromatic heterocycles. The molecule has 3 rings (SSSR count). The Bertz CT molecular complexity index is 836. The van der Waals surface area contributed by atoms with Crippen LogP contribution in [0.1, 0.15) is 62.6 Å². The van der Waals surface area contributed by atoms with E-state index in [1.807, 2.05) is 20.8 Å². The van der Waals surface area contributed by atoms with Crippen LogP contribution in [0.15, 0.2) is 23.0 Å². The van der Waals surface area contributed by atoms with E-state index in [0.717, 1.165) is 44.5 Å². The van der Waals surface area contributed by atoms with Crippen LogP contribution in [0, 0.1) is 0 Å². The van der Waals surface area contributed by atoms with Crippen LogP contribution in [0.3, 0.4) is 0 Å². The van der Waals surface area contributed by atoms with E-state index >= 15 is 0 Å². The molecule has 1 aliphatic rings. The quantitative estimate of drug-likeness (QED) is 0.942. The van der Waals surface area contributed by atoms with Crippen LogP contribution in [0.2, 0.25) is 0 Å². The zero-order valence-electron chi connectivity index (χ0n) is 14.7. The van der Waals surface area contributed by atoms with Gasteiger partial charge in [0.25, 0.3) is 11.5 Å². The van der Waals surface area contributed by atoms with Crippen LogP contribution < -0.4 is 10.9 Å². The molecule has 1 N–H and O–H groups in total. The van der Waals surface area contributed by atoms with Crippen molar-refractivity contribution in [3.63, 3.8) is 0 Å². The Balaban J connectivity index is 2.02. The maximum absolute atomic E-state index is 12.7. The molecule has 0 radical (unpaired) electrons. The second-order valence-corrected chi connectivity index (χ2v) is 7.22. The van der Waals surface area contributed by atoms with E-state index in [-0.39, 0.29) is 17.0 Å². The van der Waals surface area contributed by atoms with Crippen molar-refractivity contribution in [3.05, 3.63) is 39.9 Å². The fraction of sp³-hybridized carbons (Fsp3) is 0.526. The van der Waals surface area contributed by atoms with Crippen molar-refractivity contribution in [3.8, 4) is 0 Å². The molecule has 1 aliphatic heterocycles. The molecule has 2 aromatic rings. The summed E-state index contributed by atoms with van der Waals surface area (Å²) >= 11 is 0. The average Bonchev–Trinajstić information content (AvgIpc) is 2.79. The summed E-state index contributed by atoms with van der Waals surface area (Å²) in [5, 5.41) is 3.61. The van der Waals surface area contributed by atoms with Crippen molar-refractivity contribution in [1.82, 2.24) is 14.9 Å². The molecule has 128 valence electrons. The number of aromatic nitrogens is 2. The Morgan fingerprint density at radius 1 is 1.29 bits per heavy atom. The number of carbonyl (C=O) groups excluding carboxylic acids is 1. The summed E-state index contributed by atoms with van der Waals surface area (Å²) in [6, 6.07) is 5.19. The van der Waals surface area contributed by atoms with E-state index in [0.29, 0.717) is 16.5 Å². The Morgan fingerprint density at radius 2 is 2.08 bits per heavy atom. The van der Waals surface area contributed by atoms with Gasteiger partial charge in [0.05, 0.1) is 10.9 Å². The number of benzene rings is 1. The summed E-state index contributed by atoms with van der Waals surface area (Å²) in [7, 11) is 0. The highest BCUT2D eigenvalue weighted by Crippen LogP contribution is 2.17. The lowest BCUT2D eigenvalue weighted by Crippen LogP contribution is -2.42. The number of hydrogen-bond acceptors (Lipinski definition) is 3. The van der Waals surface area contributed by atoms with Gasteiger partial charge in [0.15, 0.2) is 0 Å². The highest BCUT2D eigenvalue weighted by atomic mass is 16.2. The largest absolute Gasteiger partial charge is 0.347 e. The number of amides is 1. The van der Waals surface area contributed by atoms with Gasteiger partial charge in [-0.1, -0.05) is 13.3 Å². The van der Waals surface area contributed by atoms with E-state index in [4.69, 9.17) is 0 Å². The Labute approximate surface area is 142 Å². The van der Waals surface area contributed by atoms with Gasteiger partial charge in [-0.05, 0) is 51.3 Å². The maximum atomic E-state index is 12.7. The number of rotatable bonds is 3. The number of nitrogens with zero attached hydrogens (tertiary/aromatic N) is 2. The van der Waals surface area contributed by atoms with Crippen molar-refractivity contribution in [2.45, 2.75) is 65.0 Å². The van der Waals surface area contributed by atoms with Gasteiger partial charge in [-0.3, -0.25) is 14.2 Å². The van der Waals surface area contributed by atoms with E-state index in [9.17, 15) is 9.59 Å². The molecule has 2 heterocycles. The third-order valence-electron chi connectivity index (χ3n) is 4.91. The Kier molecular flexibility index (Phi) is 4.43. The topological polar surface area (TPSA) is 64.0 Å². The van der Waals surface area contributed by atoms with Gasteiger partial charge in [-0.25, -0.2) is 4.98 Å². The lowest BCUT2D eigenvalue weighted by Gasteiger charge is -2.24. The molecule has 0 unspecified atom stereocenters. The third-order valence-corrected chi connectivity index (χ3v) is 4.91. The maximum Gasteiger partial charge on any atom is 0.261 e. The van der Waals surface area contributed by atoms with Gasteiger partial charge in [-0.2, -0.15) is 0 Å². The minimum absolute atomic E-state index is 0.0118. The summed E-state index contributed by atoms with van der Waals surface area (Å²) in [6.45, 7) is 6.77. The summed E-state index contributed by atoms with van der Waals surface area (Å²) < 4.78 is 1.80. The fourth-order valence-electron chi connectivity index (χ4n) is 3.03. The summed E-state index contributed by atoms with van der Waals surface area (Å²) in [4.78, 5) is 29.9. The molecular formula is C19H25N3O2. The molecular weight excluding hydrogens is 302 g/mol. The lowest BCUT2D eigenvalue weighted by molar-refractivity contribution is 0.0911. The SMILES string of the molecule is CCC(C)(C)NC(=O)c1ccc2c(=O)n3c(nc2c1)CCCCC3. The molecule has 0 bridgehead atoms. The molecule has 0 aliphatic carbocycles. The molecule has 24 heavy (non-hydrogen) atoms. The average molecular weight is 327 g/mol. The van der Waals surface area contributed by atoms with E-state index in [1.165, 1.54) is 0 Å². The molecule has 0 saturated heterocycles. The number of carbonyl (C=O) groups is 1. The zero-order valence-corrected chi connectivity index (χ0v) is 14.7. The molecule has 0 fully saturated rings. The predicted molar refractivity (Wildman–Crippen MR) is 95.4 cm³/mol. The normalized spacial score (nSPS) is 15.0. The zero-order chi connectivity index (χ0) is 17.3. The van der Waals surface area contributed by atoms with Crippen LogP contribution in [-0.4, -0.2) is 21.0 Å². The lowest BCUT2D eigenvalue weighted by atomic mass is 10.0. The molecule has 5 nitrogen and oxygen atoms in total. The number of aryl methyl sites for hydroxylation is 1. The van der Waals surface area contributed by atoms with E-state index in [2.05, 4.69) is 10.3 Å². The van der Waals surface area contributed by atoms with Crippen molar-refractivity contribution < 1.29 is 4.79 Å². The molecule has 1 aromatic carbocycles. The smallest absolute Gasteiger partial charge is 0.261 e. The Hall–Kier alpha value is -2.17. The van der Waals surface area contributed by atoms with E-state index in [1.54, 1.807) is 22.8 Å². The predicted octanol–water partition coefficient (Wildman–Crippen LogP) is 3.04. The van der Waals surface area contributed by atoms with Crippen LogP contribution >= 0.6 is 0 Å². The van der Waals surface area contributed by atoms with Gasteiger partial charge < -0.3 is 5.32 Å². The molecule has 0 atom stereocenters. The minimum atomic E-state index is -0.257. The van der Waals surface area contributed by atoms with Crippen LogP contribution in [0.4, 0.5) is 0 Å². The highest BCUT2D eigenvalue weighted by molar-refractivity contribution is 5.98. The van der Waals surface area contributed by atoms with Gasteiger partial charge in [0.2, 0.25) is 0 Å². The first-order valence-corrected chi connectivity index (χ1v) is 8.77. The first-order valence-electron chi connectivity index (χ1n) is 8.77. The number of fused-ring (bicyclic) bond motifs is 2. The van der Waals surface area contributed by atoms with Crippen molar-refractivity contribution in [1.29, 1.82) is 0 Å². The van der Waals surface area contributed by atoms with Gasteiger partial charge >= 0.3 is 0 Å². The van der Waals surface area contributed by atoms with Gasteiger partial charge in [0, 0.05) is 24.1 Å². The highest BCUT2D eigenvalue weighted by Gasteiger charge is 2.20. The molecule has 5 heteroatoms. The molecule has 0 saturated carbocycles. The Morgan fingerprint density at radius 3 is 2.83 bits per heavy atom. The van der Waals surface area contributed by atoms with Crippen LogP contribution in [0.5, 0.6) is 0 Å². The number of nitrogens with one attached hydrogen (secondary N) is 1. The molecule has 0 spiro atoms. The summed E-state index contributed by atoms with van der Waals surface area (Å²) in [5.74, 6) is 0.719. The minimum Gasteiger partial charge on any atom is -0.347 e. The molecule has 1 amide bonds. The van der Waals surface area contributed by atoms with Crippen LogP contribution in [0.25, 0.3) is 10.9 Å². The first kappa shape index (κ1) is 16.7. The second kappa shape index (κ2) is 6.38. The van der Waals surface area contributed by atoms with Gasteiger partial charge in [0.1, 0.15) is 5.82 Å². The van der Waals surface area contributed by atoms with Crippen molar-refractivity contribution in [2.75, 3.05) is 0 Å². The second-order valence-electron chi connectivity index (χ2n) is 7.22. The fourth-order valence-corrected chi connectivity index (χ4v) is 3.03. The third kappa shape index (κ3) is 3.21. The van der Waals surface area contributed by atoms with Crippen molar-refractivity contribution >= 4 is 16.8 Å². The van der Waals surface area contributed by atoms with Gasteiger partial charge in [-0.15, -0.1) is 0 Å². The summed E-state index contributed by atoms with van der Waals surface area (Å²) in [5.41, 5.74) is 0.926. The van der Waals surface area contributed by atoms with E-state index < -0.39 is 0 Å². The standard InChI is InChI=1S/C19H25N3O2/c1-4-19(2,3)21-17(23)13-9-10-14-15(12-13)20-16-8-6-5-7-11-22(16)18(14)24/h9-10,12H,4-8,11H2,1-3H3,(H,21,23). The van der Waals surface area contributed by atoms with Crippen molar-refractivity contribution in [2.24, 2.45) is 0 Å². The number of hydrogen-bond donors (Lipinski definition) is 1.